The number of hydrogen-bond acceptors (Lipinski definition) is 1. The quantitative estimate of drug-likeness (QED) is 0.486. The summed E-state index contributed by atoms with van der Waals surface area (Å²) < 4.78 is 0. The smallest absolute Gasteiger partial charge is 0.231 e. The van der Waals surface area contributed by atoms with Crippen LogP contribution in [0.4, 0.5) is 0 Å². The highest BCUT2D eigenvalue weighted by atomic mass is 14.8. The van der Waals surface area contributed by atoms with E-state index in [9.17, 15) is 0 Å². The van der Waals surface area contributed by atoms with E-state index in [4.69, 9.17) is 0 Å². The van der Waals surface area contributed by atoms with Crippen LogP contribution < -0.4 is 4.98 Å². The molecule has 0 aliphatic carbocycles. The van der Waals surface area contributed by atoms with Gasteiger partial charge in [0.1, 0.15) is 5.52 Å². The summed E-state index contributed by atoms with van der Waals surface area (Å²) in [6, 6.07) is 12.6. The third-order valence-electron chi connectivity index (χ3n) is 3.15. The number of fused-ring (bicyclic) bond motifs is 4. The van der Waals surface area contributed by atoms with Gasteiger partial charge >= 0.3 is 0 Å². The maximum Gasteiger partial charge on any atom is 0.231 e. The van der Waals surface area contributed by atoms with Crippen LogP contribution in [-0.4, -0.2) is 9.97 Å². The zero-order valence-electron chi connectivity index (χ0n) is 9.07. The first-order valence-electron chi connectivity index (χ1n) is 5.59. The summed E-state index contributed by atoms with van der Waals surface area (Å²) >= 11 is 0. The number of H-pyrrole nitrogens is 2. The predicted octanol–water partition coefficient (Wildman–Crippen LogP) is 2.68. The molecule has 0 saturated carbocycles. The van der Waals surface area contributed by atoms with Gasteiger partial charge in [0.2, 0.25) is 5.52 Å². The molecule has 2 N–H and O–H groups in total. The van der Waals surface area contributed by atoms with E-state index in [0.717, 1.165) is 22.1 Å². The van der Waals surface area contributed by atoms with E-state index in [1.807, 2.05) is 12.3 Å². The van der Waals surface area contributed by atoms with Crippen LogP contribution >= 0.6 is 0 Å². The molecule has 0 radical (unpaired) electrons. The minimum atomic E-state index is 0.991. The lowest BCUT2D eigenvalue weighted by Gasteiger charge is -1.92. The summed E-state index contributed by atoms with van der Waals surface area (Å²) in [4.78, 5) is 11.0. The molecule has 2 heterocycles. The highest BCUT2D eigenvalue weighted by Gasteiger charge is 2.08. The van der Waals surface area contributed by atoms with E-state index >= 15 is 0 Å². The fourth-order valence-corrected chi connectivity index (χ4v) is 2.35. The van der Waals surface area contributed by atoms with Gasteiger partial charge < -0.3 is 4.98 Å². The molecule has 2 aromatic heterocycles. The van der Waals surface area contributed by atoms with E-state index in [0.29, 0.717) is 0 Å². The molecule has 0 atom stereocenters. The first-order valence-corrected chi connectivity index (χ1v) is 5.59. The Hall–Kier alpha value is -2.42. The average molecular weight is 220 g/mol. The number of aromatic amines is 2. The number of rotatable bonds is 0. The number of hydrogen-bond donors (Lipinski definition) is 1. The van der Waals surface area contributed by atoms with Crippen molar-refractivity contribution < 1.29 is 4.98 Å². The van der Waals surface area contributed by atoms with Gasteiger partial charge in [0, 0.05) is 22.4 Å². The third-order valence-corrected chi connectivity index (χ3v) is 3.15. The van der Waals surface area contributed by atoms with E-state index in [1.54, 1.807) is 6.20 Å². The molecule has 0 bridgehead atoms. The lowest BCUT2D eigenvalue weighted by atomic mass is 10.1. The number of nitrogens with one attached hydrogen (secondary N) is 2. The number of aromatic nitrogens is 3. The Morgan fingerprint density at radius 2 is 1.94 bits per heavy atom. The zero-order valence-corrected chi connectivity index (χ0v) is 9.07. The van der Waals surface area contributed by atoms with Crippen molar-refractivity contribution in [2.24, 2.45) is 0 Å². The summed E-state index contributed by atoms with van der Waals surface area (Å²) in [5.74, 6) is 0. The van der Waals surface area contributed by atoms with E-state index in [1.165, 1.54) is 10.8 Å². The number of benzene rings is 2. The van der Waals surface area contributed by atoms with Crippen molar-refractivity contribution in [3.05, 3.63) is 48.8 Å². The third kappa shape index (κ3) is 1.16. The van der Waals surface area contributed by atoms with Crippen LogP contribution in [-0.2, 0) is 0 Å². The molecular weight excluding hydrogens is 210 g/mol. The van der Waals surface area contributed by atoms with Gasteiger partial charge in [0.15, 0.2) is 6.20 Å². The molecule has 0 amide bonds. The van der Waals surface area contributed by atoms with Gasteiger partial charge in [-0.25, -0.2) is 9.97 Å². The van der Waals surface area contributed by atoms with Crippen LogP contribution in [0.2, 0.25) is 0 Å². The molecular formula is C14H10N3+. The molecule has 4 rings (SSSR count). The highest BCUT2D eigenvalue weighted by molar-refractivity contribution is 6.10. The van der Waals surface area contributed by atoms with Gasteiger partial charge in [0.05, 0.1) is 11.7 Å². The van der Waals surface area contributed by atoms with Gasteiger partial charge in [-0.3, -0.25) is 0 Å². The van der Waals surface area contributed by atoms with Gasteiger partial charge in [-0.1, -0.05) is 18.2 Å². The Morgan fingerprint density at radius 3 is 2.94 bits per heavy atom. The Bertz CT molecular complexity index is 840. The summed E-state index contributed by atoms with van der Waals surface area (Å²) in [6.45, 7) is 0. The lowest BCUT2D eigenvalue weighted by molar-refractivity contribution is -0.345. The summed E-state index contributed by atoms with van der Waals surface area (Å²) in [5, 5.41) is 2.47. The monoisotopic (exact) mass is 220 g/mol. The second kappa shape index (κ2) is 3.04. The van der Waals surface area contributed by atoms with Crippen LogP contribution in [0.3, 0.4) is 0 Å². The highest BCUT2D eigenvalue weighted by Crippen LogP contribution is 2.27. The van der Waals surface area contributed by atoms with Crippen molar-refractivity contribution in [3.8, 4) is 0 Å². The van der Waals surface area contributed by atoms with Gasteiger partial charge in [0.25, 0.3) is 0 Å². The molecule has 0 unspecified atom stereocenters. The van der Waals surface area contributed by atoms with Crippen molar-refractivity contribution in [1.82, 2.24) is 9.97 Å². The summed E-state index contributed by atoms with van der Waals surface area (Å²) in [7, 11) is 0. The van der Waals surface area contributed by atoms with Crippen LogP contribution in [0.25, 0.3) is 32.8 Å². The van der Waals surface area contributed by atoms with E-state index in [2.05, 4.69) is 45.3 Å². The topological polar surface area (TPSA) is 42.8 Å². The fourth-order valence-electron chi connectivity index (χ4n) is 2.35. The number of para-hydroxylation sites is 1. The summed E-state index contributed by atoms with van der Waals surface area (Å²) in [6.07, 6.45) is 3.62. The molecule has 0 saturated heterocycles. The van der Waals surface area contributed by atoms with Crippen molar-refractivity contribution in [3.63, 3.8) is 0 Å². The van der Waals surface area contributed by atoms with Gasteiger partial charge in [-0.05, 0) is 12.1 Å². The van der Waals surface area contributed by atoms with Crippen molar-refractivity contribution in [2.45, 2.75) is 0 Å². The van der Waals surface area contributed by atoms with Crippen LogP contribution in [0, 0.1) is 0 Å². The molecule has 17 heavy (non-hydrogen) atoms. The molecule has 2 aromatic carbocycles. The molecule has 80 valence electrons. The first-order chi connectivity index (χ1) is 8.42. The van der Waals surface area contributed by atoms with Crippen LogP contribution in [0.5, 0.6) is 0 Å². The Labute approximate surface area is 97.1 Å². The maximum absolute atomic E-state index is 4.37. The molecule has 0 spiro atoms. The molecule has 4 aromatic rings. The minimum Gasteiger partial charge on any atom is -0.354 e. The molecule has 0 aliphatic heterocycles. The van der Waals surface area contributed by atoms with Crippen molar-refractivity contribution >= 4 is 32.8 Å². The lowest BCUT2D eigenvalue weighted by Crippen LogP contribution is -2.02. The van der Waals surface area contributed by atoms with Crippen molar-refractivity contribution in [2.75, 3.05) is 0 Å². The maximum atomic E-state index is 4.37. The normalized spacial score (nSPS) is 11.5. The SMILES string of the molecule is c1ccc2c(c1)[nH]c1cc3[nH+]ccnc3cc12. The summed E-state index contributed by atoms with van der Waals surface area (Å²) in [5.41, 5.74) is 4.34. The number of nitrogens with zero attached hydrogens (tertiary/aromatic N) is 1. The van der Waals surface area contributed by atoms with E-state index < -0.39 is 0 Å². The fraction of sp³-hybridized carbons (Fsp3) is 0. The second-order valence-corrected chi connectivity index (χ2v) is 4.17. The van der Waals surface area contributed by atoms with Crippen molar-refractivity contribution in [1.29, 1.82) is 0 Å². The van der Waals surface area contributed by atoms with Crippen LogP contribution in [0.1, 0.15) is 0 Å². The average Bonchev–Trinajstić information content (AvgIpc) is 2.73. The standard InChI is InChI=1S/C14H9N3/c1-2-4-11-9(3-1)10-7-13-14(8-12(10)17-11)16-6-5-15-13/h1-8,17H/p+1. The zero-order chi connectivity index (χ0) is 11.2. The molecule has 0 aliphatic rings. The van der Waals surface area contributed by atoms with Gasteiger partial charge in [-0.15, -0.1) is 0 Å². The molecule has 3 heteroatoms. The minimum absolute atomic E-state index is 0.991. The molecule has 0 fully saturated rings. The Morgan fingerprint density at radius 1 is 1.00 bits per heavy atom. The Kier molecular flexibility index (Phi) is 1.56. The first kappa shape index (κ1) is 8.70. The Balaban J connectivity index is 2.28. The molecule has 3 nitrogen and oxygen atoms in total. The second-order valence-electron chi connectivity index (χ2n) is 4.17. The largest absolute Gasteiger partial charge is 0.354 e. The van der Waals surface area contributed by atoms with Gasteiger partial charge in [-0.2, -0.15) is 0 Å². The van der Waals surface area contributed by atoms with E-state index in [-0.39, 0.29) is 0 Å². The van der Waals surface area contributed by atoms with Crippen LogP contribution in [0.15, 0.2) is 48.8 Å². The predicted molar refractivity (Wildman–Crippen MR) is 67.7 cm³/mol.